The van der Waals surface area contributed by atoms with Gasteiger partial charge in [-0.15, -0.1) is 0 Å². The van der Waals surface area contributed by atoms with Crippen molar-refractivity contribution in [3.63, 3.8) is 0 Å². The van der Waals surface area contributed by atoms with Crippen molar-refractivity contribution >= 4 is 21.6 Å². The standard InChI is InChI=1S/C15H14BrNO/c16-12-4-6-13(7-5-12)18-15-9-11-3-1-2-10(11)8-14(15)17/h4-9H,1-3,17H2. The lowest BCUT2D eigenvalue weighted by molar-refractivity contribution is 0.484. The molecule has 2 nitrogen and oxygen atoms in total. The van der Waals surface area contributed by atoms with Crippen molar-refractivity contribution in [2.45, 2.75) is 19.3 Å². The molecular weight excluding hydrogens is 290 g/mol. The second-order valence-corrected chi connectivity index (χ2v) is 5.48. The fourth-order valence-electron chi connectivity index (χ4n) is 2.34. The Labute approximate surface area is 115 Å². The Morgan fingerprint density at radius 2 is 1.67 bits per heavy atom. The summed E-state index contributed by atoms with van der Waals surface area (Å²) in [5, 5.41) is 0. The normalized spacial score (nSPS) is 13.4. The summed E-state index contributed by atoms with van der Waals surface area (Å²) in [4.78, 5) is 0. The number of benzene rings is 2. The molecule has 0 fully saturated rings. The number of nitrogen functional groups attached to an aromatic ring is 1. The highest BCUT2D eigenvalue weighted by atomic mass is 79.9. The van der Waals surface area contributed by atoms with E-state index in [2.05, 4.69) is 28.1 Å². The van der Waals surface area contributed by atoms with Gasteiger partial charge in [0.15, 0.2) is 5.75 Å². The third kappa shape index (κ3) is 2.23. The molecule has 1 aliphatic carbocycles. The summed E-state index contributed by atoms with van der Waals surface area (Å²) < 4.78 is 6.88. The molecule has 18 heavy (non-hydrogen) atoms. The molecule has 0 spiro atoms. The summed E-state index contributed by atoms with van der Waals surface area (Å²) in [6.45, 7) is 0. The number of halogens is 1. The van der Waals surface area contributed by atoms with Gasteiger partial charge in [-0.25, -0.2) is 0 Å². The highest BCUT2D eigenvalue weighted by Crippen LogP contribution is 2.34. The minimum absolute atomic E-state index is 0.721. The van der Waals surface area contributed by atoms with Gasteiger partial charge >= 0.3 is 0 Å². The third-order valence-corrected chi connectivity index (χ3v) is 3.79. The molecule has 2 aromatic rings. The third-order valence-electron chi connectivity index (χ3n) is 3.27. The Morgan fingerprint density at radius 1 is 1.00 bits per heavy atom. The first-order valence-corrected chi connectivity index (χ1v) is 6.86. The molecule has 0 bridgehead atoms. The van der Waals surface area contributed by atoms with Gasteiger partial charge in [0.2, 0.25) is 0 Å². The minimum atomic E-state index is 0.721. The zero-order valence-electron chi connectivity index (χ0n) is 9.95. The van der Waals surface area contributed by atoms with Gasteiger partial charge in [0.1, 0.15) is 5.75 Å². The van der Waals surface area contributed by atoms with E-state index in [-0.39, 0.29) is 0 Å². The van der Waals surface area contributed by atoms with Crippen molar-refractivity contribution in [1.82, 2.24) is 0 Å². The molecule has 0 atom stereocenters. The van der Waals surface area contributed by atoms with Crippen LogP contribution in [-0.4, -0.2) is 0 Å². The molecule has 0 saturated carbocycles. The van der Waals surface area contributed by atoms with Crippen LogP contribution in [0.1, 0.15) is 17.5 Å². The lowest BCUT2D eigenvalue weighted by Crippen LogP contribution is -1.95. The van der Waals surface area contributed by atoms with Crippen LogP contribution in [0.3, 0.4) is 0 Å². The second kappa shape index (κ2) is 4.65. The molecular formula is C15H14BrNO. The van der Waals surface area contributed by atoms with Gasteiger partial charge < -0.3 is 10.5 Å². The quantitative estimate of drug-likeness (QED) is 0.839. The molecule has 92 valence electrons. The summed E-state index contributed by atoms with van der Waals surface area (Å²) in [6.07, 6.45) is 3.49. The van der Waals surface area contributed by atoms with Crippen molar-refractivity contribution in [1.29, 1.82) is 0 Å². The number of anilines is 1. The fraction of sp³-hybridized carbons (Fsp3) is 0.200. The van der Waals surface area contributed by atoms with Crippen LogP contribution >= 0.6 is 15.9 Å². The van der Waals surface area contributed by atoms with Crippen LogP contribution in [0.4, 0.5) is 5.69 Å². The molecule has 3 heteroatoms. The Balaban J connectivity index is 1.90. The Morgan fingerprint density at radius 3 is 2.39 bits per heavy atom. The van der Waals surface area contributed by atoms with E-state index in [4.69, 9.17) is 10.5 Å². The Hall–Kier alpha value is -1.48. The highest BCUT2D eigenvalue weighted by Gasteiger charge is 2.14. The smallest absolute Gasteiger partial charge is 0.150 e. The molecule has 0 aromatic heterocycles. The van der Waals surface area contributed by atoms with Gasteiger partial charge in [-0.2, -0.15) is 0 Å². The molecule has 0 radical (unpaired) electrons. The lowest BCUT2D eigenvalue weighted by atomic mass is 10.1. The van der Waals surface area contributed by atoms with Crippen LogP contribution in [-0.2, 0) is 12.8 Å². The van der Waals surface area contributed by atoms with Gasteiger partial charge in [0.05, 0.1) is 5.69 Å². The molecule has 0 aliphatic heterocycles. The van der Waals surface area contributed by atoms with Crippen LogP contribution in [0.5, 0.6) is 11.5 Å². The second-order valence-electron chi connectivity index (χ2n) is 4.57. The molecule has 0 unspecified atom stereocenters. The number of ether oxygens (including phenoxy) is 1. The molecule has 2 aromatic carbocycles. The van der Waals surface area contributed by atoms with Gasteiger partial charge in [-0.3, -0.25) is 0 Å². The first-order chi connectivity index (χ1) is 8.72. The maximum Gasteiger partial charge on any atom is 0.150 e. The molecule has 0 amide bonds. The van der Waals surface area contributed by atoms with E-state index in [1.165, 1.54) is 17.5 Å². The largest absolute Gasteiger partial charge is 0.455 e. The summed E-state index contributed by atoms with van der Waals surface area (Å²) in [7, 11) is 0. The molecule has 3 rings (SSSR count). The number of fused-ring (bicyclic) bond motifs is 1. The summed E-state index contributed by atoms with van der Waals surface area (Å²) in [5.74, 6) is 1.57. The van der Waals surface area contributed by atoms with Gasteiger partial charge in [0.25, 0.3) is 0 Å². The molecule has 2 N–H and O–H groups in total. The SMILES string of the molecule is Nc1cc2c(cc1Oc1ccc(Br)cc1)CCC2. The monoisotopic (exact) mass is 303 g/mol. The average Bonchev–Trinajstić information content (AvgIpc) is 2.79. The van der Waals surface area contributed by atoms with Gasteiger partial charge in [0, 0.05) is 4.47 Å². The van der Waals surface area contributed by atoms with E-state index in [9.17, 15) is 0 Å². The van der Waals surface area contributed by atoms with Crippen LogP contribution in [0, 0.1) is 0 Å². The van der Waals surface area contributed by atoms with Gasteiger partial charge in [-0.05, 0) is 66.8 Å². The minimum Gasteiger partial charge on any atom is -0.455 e. The predicted molar refractivity (Wildman–Crippen MR) is 77.1 cm³/mol. The summed E-state index contributed by atoms with van der Waals surface area (Å²) >= 11 is 3.41. The van der Waals surface area contributed by atoms with Crippen LogP contribution in [0.25, 0.3) is 0 Å². The number of nitrogens with two attached hydrogens (primary N) is 1. The lowest BCUT2D eigenvalue weighted by Gasteiger charge is -2.11. The van der Waals surface area contributed by atoms with E-state index >= 15 is 0 Å². The molecule has 0 saturated heterocycles. The number of hydrogen-bond acceptors (Lipinski definition) is 2. The van der Waals surface area contributed by atoms with Crippen molar-refractivity contribution in [3.05, 3.63) is 52.0 Å². The summed E-state index contributed by atoms with van der Waals surface area (Å²) in [6, 6.07) is 11.9. The molecule has 0 heterocycles. The number of hydrogen-bond donors (Lipinski definition) is 1. The highest BCUT2D eigenvalue weighted by molar-refractivity contribution is 9.10. The van der Waals surface area contributed by atoms with E-state index in [1.807, 2.05) is 24.3 Å². The first-order valence-electron chi connectivity index (χ1n) is 6.07. The predicted octanol–water partition coefficient (Wildman–Crippen LogP) is 4.31. The van der Waals surface area contributed by atoms with E-state index in [0.29, 0.717) is 0 Å². The Bertz CT molecular complexity index is 578. The number of aryl methyl sites for hydroxylation is 2. The van der Waals surface area contributed by atoms with Crippen LogP contribution in [0.2, 0.25) is 0 Å². The van der Waals surface area contributed by atoms with Gasteiger partial charge in [-0.1, -0.05) is 15.9 Å². The van der Waals surface area contributed by atoms with Crippen molar-refractivity contribution < 1.29 is 4.74 Å². The zero-order valence-corrected chi connectivity index (χ0v) is 11.5. The van der Waals surface area contributed by atoms with Crippen molar-refractivity contribution in [2.75, 3.05) is 5.73 Å². The molecule has 1 aliphatic rings. The Kier molecular flexibility index (Phi) is 3.00. The number of rotatable bonds is 2. The van der Waals surface area contributed by atoms with E-state index in [0.717, 1.165) is 34.5 Å². The van der Waals surface area contributed by atoms with Crippen molar-refractivity contribution in [2.24, 2.45) is 0 Å². The fourth-order valence-corrected chi connectivity index (χ4v) is 2.60. The van der Waals surface area contributed by atoms with E-state index < -0.39 is 0 Å². The maximum atomic E-state index is 6.04. The average molecular weight is 304 g/mol. The maximum absolute atomic E-state index is 6.04. The zero-order chi connectivity index (χ0) is 12.5. The topological polar surface area (TPSA) is 35.2 Å². The van der Waals surface area contributed by atoms with E-state index in [1.54, 1.807) is 0 Å². The van der Waals surface area contributed by atoms with Crippen LogP contribution < -0.4 is 10.5 Å². The first kappa shape index (κ1) is 11.6. The summed E-state index contributed by atoms with van der Waals surface area (Å²) in [5.41, 5.74) is 9.50. The van der Waals surface area contributed by atoms with Crippen LogP contribution in [0.15, 0.2) is 40.9 Å². The van der Waals surface area contributed by atoms with Crippen molar-refractivity contribution in [3.8, 4) is 11.5 Å².